The maximum atomic E-state index is 11.2. The highest BCUT2D eigenvalue weighted by atomic mass is 32.2. The third kappa shape index (κ3) is 5.64. The van der Waals surface area contributed by atoms with E-state index < -0.39 is 12.0 Å². The van der Waals surface area contributed by atoms with Crippen LogP contribution in [0.5, 0.6) is 0 Å². The molecule has 0 unspecified atom stereocenters. The van der Waals surface area contributed by atoms with Crippen molar-refractivity contribution in [2.75, 3.05) is 18.1 Å². The van der Waals surface area contributed by atoms with Crippen molar-refractivity contribution < 1.29 is 20.4 Å². The summed E-state index contributed by atoms with van der Waals surface area (Å²) in [6, 6.07) is -0.744. The van der Waals surface area contributed by atoms with Crippen LogP contribution >= 0.6 is 11.8 Å². The molecule has 0 saturated heterocycles. The molecule has 15 heavy (non-hydrogen) atoms. The molecule has 0 aliphatic heterocycles. The van der Waals surface area contributed by atoms with Crippen LogP contribution in [0.1, 0.15) is 12.8 Å². The molecule has 5 nitrogen and oxygen atoms in total. The molecule has 1 aliphatic rings. The summed E-state index contributed by atoms with van der Waals surface area (Å²) in [5.41, 5.74) is 3.40. The van der Waals surface area contributed by atoms with Gasteiger partial charge in [0.15, 0.2) is 0 Å². The predicted molar refractivity (Wildman–Crippen MR) is 54.7 cm³/mol. The van der Waals surface area contributed by atoms with Crippen LogP contribution in [0.2, 0.25) is 0 Å². The van der Waals surface area contributed by atoms with Gasteiger partial charge in [-0.15, -0.1) is 11.8 Å². The van der Waals surface area contributed by atoms with Crippen LogP contribution in [0, 0.1) is 5.92 Å². The van der Waals surface area contributed by atoms with Gasteiger partial charge >= 0.3 is 0 Å². The van der Waals surface area contributed by atoms with Crippen molar-refractivity contribution in [2.45, 2.75) is 18.9 Å². The molecule has 1 rings (SSSR count). The fourth-order valence-corrected chi connectivity index (χ4v) is 1.82. The summed E-state index contributed by atoms with van der Waals surface area (Å²) >= 11 is 1.27. The van der Waals surface area contributed by atoms with Gasteiger partial charge in [0, 0.05) is 6.54 Å². The molecule has 0 bridgehead atoms. The minimum absolute atomic E-state index is 0.0301. The Balaban J connectivity index is 1.98. The number of rotatable bonds is 7. The summed E-state index contributed by atoms with van der Waals surface area (Å²) < 4.78 is 0. The number of hydrogen-bond acceptors (Lipinski definition) is 4. The first kappa shape index (κ1) is 12.3. The van der Waals surface area contributed by atoms with Crippen molar-refractivity contribution in [3.8, 4) is 0 Å². The van der Waals surface area contributed by atoms with E-state index in [1.54, 1.807) is 0 Å². The Kier molecular flexibility index (Phi) is 4.90. The Morgan fingerprint density at radius 1 is 1.53 bits per heavy atom. The maximum absolute atomic E-state index is 11.2. The third-order valence-electron chi connectivity index (χ3n) is 2.17. The Morgan fingerprint density at radius 2 is 2.20 bits per heavy atom. The molecule has 0 heterocycles. The summed E-state index contributed by atoms with van der Waals surface area (Å²) in [5, 5.41) is 13.1. The van der Waals surface area contributed by atoms with E-state index in [0.717, 1.165) is 6.54 Å². The van der Waals surface area contributed by atoms with Crippen molar-refractivity contribution >= 4 is 23.6 Å². The SMILES string of the molecule is [NH3+][C@@H](CSCC(=O)NCC1CC1)C(=O)[O-]. The van der Waals surface area contributed by atoms with Gasteiger partial charge < -0.3 is 21.0 Å². The quantitative estimate of drug-likeness (QED) is 0.511. The standard InChI is InChI=1S/C9H16N2O3S/c10-7(9(13)14)4-15-5-8(12)11-3-6-1-2-6/h6-7H,1-5,10H2,(H,11,12)(H,13,14)/t7-/m0/s1. The van der Waals surface area contributed by atoms with Gasteiger partial charge in [-0.1, -0.05) is 0 Å². The van der Waals surface area contributed by atoms with Crippen LogP contribution in [0.3, 0.4) is 0 Å². The first-order valence-electron chi connectivity index (χ1n) is 4.98. The third-order valence-corrected chi connectivity index (χ3v) is 3.27. The molecule has 0 spiro atoms. The van der Waals surface area contributed by atoms with E-state index in [2.05, 4.69) is 11.1 Å². The fourth-order valence-electron chi connectivity index (χ4n) is 0.993. The zero-order valence-corrected chi connectivity index (χ0v) is 9.35. The predicted octanol–water partition coefficient (Wildman–Crippen LogP) is -2.39. The lowest BCUT2D eigenvalue weighted by atomic mass is 10.4. The Bertz CT molecular complexity index is 244. The lowest BCUT2D eigenvalue weighted by Gasteiger charge is -2.08. The monoisotopic (exact) mass is 232 g/mol. The molecule has 0 aromatic rings. The van der Waals surface area contributed by atoms with Crippen LogP contribution in [-0.2, 0) is 9.59 Å². The molecule has 1 atom stereocenters. The molecule has 1 saturated carbocycles. The van der Waals surface area contributed by atoms with Crippen molar-refractivity contribution in [3.63, 3.8) is 0 Å². The van der Waals surface area contributed by atoms with Gasteiger partial charge in [-0.25, -0.2) is 0 Å². The largest absolute Gasteiger partial charge is 0.544 e. The van der Waals surface area contributed by atoms with Gasteiger partial charge in [0.05, 0.1) is 17.5 Å². The molecule has 1 aliphatic carbocycles. The molecule has 6 heteroatoms. The van der Waals surface area contributed by atoms with Crippen LogP contribution in [0.4, 0.5) is 0 Å². The van der Waals surface area contributed by atoms with E-state index in [0.29, 0.717) is 17.4 Å². The highest BCUT2D eigenvalue weighted by Gasteiger charge is 2.21. The second-order valence-electron chi connectivity index (χ2n) is 3.78. The molecule has 4 N–H and O–H groups in total. The highest BCUT2D eigenvalue weighted by molar-refractivity contribution is 8.00. The van der Waals surface area contributed by atoms with Gasteiger partial charge in [0.25, 0.3) is 0 Å². The molecule has 1 fully saturated rings. The lowest BCUT2D eigenvalue weighted by molar-refractivity contribution is -0.431. The van der Waals surface area contributed by atoms with Crippen LogP contribution in [0.25, 0.3) is 0 Å². The highest BCUT2D eigenvalue weighted by Crippen LogP contribution is 2.27. The van der Waals surface area contributed by atoms with Crippen molar-refractivity contribution in [3.05, 3.63) is 0 Å². The van der Waals surface area contributed by atoms with Gasteiger partial charge in [0.2, 0.25) is 5.91 Å². The molecule has 86 valence electrons. The number of amides is 1. The second kappa shape index (κ2) is 5.97. The van der Waals surface area contributed by atoms with Crippen molar-refractivity contribution in [1.82, 2.24) is 5.32 Å². The van der Waals surface area contributed by atoms with Gasteiger partial charge in [-0.05, 0) is 18.8 Å². The van der Waals surface area contributed by atoms with E-state index in [1.165, 1.54) is 24.6 Å². The first-order chi connectivity index (χ1) is 7.09. The van der Waals surface area contributed by atoms with Gasteiger partial charge in [0.1, 0.15) is 6.04 Å². The zero-order valence-electron chi connectivity index (χ0n) is 8.53. The number of hydrogen-bond donors (Lipinski definition) is 2. The van der Waals surface area contributed by atoms with Crippen LogP contribution < -0.4 is 16.2 Å². The minimum atomic E-state index is -1.17. The summed E-state index contributed by atoms with van der Waals surface area (Å²) in [6.45, 7) is 0.758. The molecule has 0 aromatic heterocycles. The van der Waals surface area contributed by atoms with Crippen molar-refractivity contribution in [2.24, 2.45) is 5.92 Å². The Labute approximate surface area is 92.8 Å². The van der Waals surface area contributed by atoms with E-state index in [4.69, 9.17) is 0 Å². The number of thioether (sulfide) groups is 1. The maximum Gasteiger partial charge on any atom is 0.230 e. The molecular weight excluding hydrogens is 216 g/mol. The number of carbonyl (C=O) groups excluding carboxylic acids is 2. The number of quaternary nitrogens is 1. The number of nitrogens with one attached hydrogen (secondary N) is 1. The average molecular weight is 232 g/mol. The van der Waals surface area contributed by atoms with Crippen LogP contribution in [0.15, 0.2) is 0 Å². The Hall–Kier alpha value is -0.750. The summed E-state index contributed by atoms with van der Waals surface area (Å²) in [7, 11) is 0. The van der Waals surface area contributed by atoms with Crippen LogP contribution in [-0.4, -0.2) is 36.0 Å². The minimum Gasteiger partial charge on any atom is -0.544 e. The lowest BCUT2D eigenvalue weighted by Crippen LogP contribution is -2.69. The van der Waals surface area contributed by atoms with E-state index in [-0.39, 0.29) is 5.91 Å². The van der Waals surface area contributed by atoms with E-state index in [1.807, 2.05) is 0 Å². The average Bonchev–Trinajstić information content (AvgIpc) is 2.97. The molecule has 0 radical (unpaired) electrons. The number of aliphatic carboxylic acids is 1. The van der Waals surface area contributed by atoms with E-state index >= 15 is 0 Å². The number of carbonyl (C=O) groups is 2. The number of carboxylic acid groups (broad SMARTS) is 1. The fraction of sp³-hybridized carbons (Fsp3) is 0.778. The molecule has 0 aromatic carbocycles. The smallest absolute Gasteiger partial charge is 0.230 e. The number of carboxylic acids is 1. The molecular formula is C9H16N2O3S. The topological polar surface area (TPSA) is 96.9 Å². The van der Waals surface area contributed by atoms with Crippen molar-refractivity contribution in [1.29, 1.82) is 0 Å². The zero-order chi connectivity index (χ0) is 11.3. The normalized spacial score (nSPS) is 17.1. The summed E-state index contributed by atoms with van der Waals surface area (Å²) in [5.74, 6) is 0.0895. The Morgan fingerprint density at radius 3 is 2.73 bits per heavy atom. The van der Waals surface area contributed by atoms with Gasteiger partial charge in [-0.2, -0.15) is 0 Å². The molecule has 1 amide bonds. The van der Waals surface area contributed by atoms with E-state index in [9.17, 15) is 14.7 Å². The van der Waals surface area contributed by atoms with Gasteiger partial charge in [-0.3, -0.25) is 4.79 Å². The summed E-state index contributed by atoms with van der Waals surface area (Å²) in [4.78, 5) is 21.5. The summed E-state index contributed by atoms with van der Waals surface area (Å²) in [6.07, 6.45) is 2.41. The first-order valence-corrected chi connectivity index (χ1v) is 6.13. The second-order valence-corrected chi connectivity index (χ2v) is 4.81.